The second kappa shape index (κ2) is 7.63. The molecule has 154 valence electrons. The van der Waals surface area contributed by atoms with Crippen molar-refractivity contribution < 1.29 is 24.2 Å². The van der Waals surface area contributed by atoms with Gasteiger partial charge in [0.25, 0.3) is 0 Å². The normalized spacial score (nSPS) is 20.5. The maximum Gasteiger partial charge on any atom is 0.410 e. The first-order valence-corrected chi connectivity index (χ1v) is 10.3. The topological polar surface area (TPSA) is 89.0 Å². The Bertz CT molecular complexity index is 728. The van der Waals surface area contributed by atoms with Gasteiger partial charge in [-0.05, 0) is 73.9 Å². The Morgan fingerprint density at radius 1 is 1.25 bits per heavy atom. The van der Waals surface area contributed by atoms with Crippen molar-refractivity contribution in [2.45, 2.75) is 57.7 Å². The van der Waals surface area contributed by atoms with Crippen LogP contribution in [0.3, 0.4) is 0 Å². The molecule has 0 bridgehead atoms. The number of carbonyl (C=O) groups is 2. The average Bonchev–Trinajstić information content (AvgIpc) is 2.57. The molecule has 0 atom stereocenters. The lowest BCUT2D eigenvalue weighted by Crippen LogP contribution is -2.57. The standard InChI is InChI=1S/C20H27BrN2O5/c1-18(2,3)28-17(26)23-8-6-19(7-9-23)12-20(13-19,27-11-16(24)25)14-4-5-15(21)22-10-14/h4-5,10H,6-9,11-13H2,1-3H3,(H,24,25). The molecule has 1 spiro atoms. The third-order valence-corrected chi connectivity index (χ3v) is 5.99. The number of nitrogens with zero attached hydrogens (tertiary/aromatic N) is 2. The highest BCUT2D eigenvalue weighted by molar-refractivity contribution is 9.10. The summed E-state index contributed by atoms with van der Waals surface area (Å²) in [5, 5.41) is 9.07. The molecule has 1 amide bonds. The summed E-state index contributed by atoms with van der Waals surface area (Å²) in [6, 6.07) is 3.78. The van der Waals surface area contributed by atoms with Crippen molar-refractivity contribution in [2.24, 2.45) is 5.41 Å². The number of hydrogen-bond acceptors (Lipinski definition) is 5. The number of pyridine rings is 1. The lowest BCUT2D eigenvalue weighted by Gasteiger charge is -2.58. The highest BCUT2D eigenvalue weighted by atomic mass is 79.9. The van der Waals surface area contributed by atoms with E-state index in [0.29, 0.717) is 13.1 Å². The van der Waals surface area contributed by atoms with Crippen molar-refractivity contribution in [2.75, 3.05) is 19.7 Å². The van der Waals surface area contributed by atoms with Crippen molar-refractivity contribution >= 4 is 28.0 Å². The number of ether oxygens (including phenoxy) is 2. The quantitative estimate of drug-likeness (QED) is 0.692. The zero-order valence-electron chi connectivity index (χ0n) is 16.5. The van der Waals surface area contributed by atoms with Crippen molar-refractivity contribution in [3.8, 4) is 0 Å². The second-order valence-corrected chi connectivity index (χ2v) is 9.68. The molecule has 8 heteroatoms. The van der Waals surface area contributed by atoms with E-state index in [9.17, 15) is 9.59 Å². The minimum Gasteiger partial charge on any atom is -0.480 e. The smallest absolute Gasteiger partial charge is 0.410 e. The van der Waals surface area contributed by atoms with E-state index in [4.69, 9.17) is 14.6 Å². The molecule has 28 heavy (non-hydrogen) atoms. The lowest BCUT2D eigenvalue weighted by atomic mass is 9.53. The lowest BCUT2D eigenvalue weighted by molar-refractivity contribution is -0.198. The van der Waals surface area contributed by atoms with Gasteiger partial charge >= 0.3 is 12.1 Å². The number of piperidine rings is 1. The van der Waals surface area contributed by atoms with Gasteiger partial charge in [0.1, 0.15) is 16.8 Å². The molecule has 1 aliphatic carbocycles. The van der Waals surface area contributed by atoms with E-state index in [1.54, 1.807) is 11.1 Å². The molecule has 7 nitrogen and oxygen atoms in total. The molecule has 1 aliphatic heterocycles. The minimum atomic E-state index is -0.981. The molecule has 0 aromatic carbocycles. The zero-order valence-corrected chi connectivity index (χ0v) is 18.1. The predicted molar refractivity (Wildman–Crippen MR) is 106 cm³/mol. The van der Waals surface area contributed by atoms with Crippen molar-refractivity contribution in [3.63, 3.8) is 0 Å². The number of rotatable bonds is 4. The highest BCUT2D eigenvalue weighted by Gasteiger charge is 2.57. The van der Waals surface area contributed by atoms with Crippen LogP contribution in [0.25, 0.3) is 0 Å². The Balaban J connectivity index is 1.66. The van der Waals surface area contributed by atoms with E-state index < -0.39 is 17.2 Å². The summed E-state index contributed by atoms with van der Waals surface area (Å²) < 4.78 is 12.1. The van der Waals surface area contributed by atoms with Crippen LogP contribution < -0.4 is 0 Å². The van der Waals surface area contributed by atoms with Crippen LogP contribution in [0.5, 0.6) is 0 Å². The van der Waals surface area contributed by atoms with E-state index >= 15 is 0 Å². The Hall–Kier alpha value is -1.67. The van der Waals surface area contributed by atoms with Crippen LogP contribution in [0.2, 0.25) is 0 Å². The number of halogens is 1. The number of carbonyl (C=O) groups excluding carboxylic acids is 1. The van der Waals surface area contributed by atoms with Gasteiger partial charge in [-0.15, -0.1) is 0 Å². The van der Waals surface area contributed by atoms with E-state index in [2.05, 4.69) is 20.9 Å². The van der Waals surface area contributed by atoms with Crippen LogP contribution in [0.4, 0.5) is 4.79 Å². The fraction of sp³-hybridized carbons (Fsp3) is 0.650. The Kier molecular flexibility index (Phi) is 5.74. The van der Waals surface area contributed by atoms with E-state index in [1.165, 1.54) is 0 Å². The van der Waals surface area contributed by atoms with Gasteiger partial charge in [0.2, 0.25) is 0 Å². The summed E-state index contributed by atoms with van der Waals surface area (Å²) in [4.78, 5) is 29.4. The molecule has 1 aromatic heterocycles. The second-order valence-electron chi connectivity index (χ2n) is 8.87. The fourth-order valence-corrected chi connectivity index (χ4v) is 4.47. The maximum absolute atomic E-state index is 12.3. The monoisotopic (exact) mass is 454 g/mol. The molecule has 0 radical (unpaired) electrons. The van der Waals surface area contributed by atoms with Crippen molar-refractivity contribution in [1.29, 1.82) is 0 Å². The number of carboxylic acids is 1. The summed E-state index contributed by atoms with van der Waals surface area (Å²) in [5.41, 5.74) is -0.168. The summed E-state index contributed by atoms with van der Waals surface area (Å²) in [6.07, 6.45) is 4.65. The van der Waals surface area contributed by atoms with Crippen LogP contribution in [0.15, 0.2) is 22.9 Å². The SMILES string of the molecule is CC(C)(C)OC(=O)N1CCC2(CC1)CC(OCC(=O)O)(c1ccc(Br)nc1)C2. The third kappa shape index (κ3) is 4.66. The van der Waals surface area contributed by atoms with Crippen LogP contribution in [-0.2, 0) is 19.9 Å². The minimum absolute atomic E-state index is 0.0596. The number of likely N-dealkylation sites (tertiary alicyclic amines) is 1. The molecule has 1 N–H and O–H groups in total. The van der Waals surface area contributed by atoms with Crippen molar-refractivity contribution in [3.05, 3.63) is 28.5 Å². The van der Waals surface area contributed by atoms with Crippen molar-refractivity contribution in [1.82, 2.24) is 9.88 Å². The van der Waals surface area contributed by atoms with Gasteiger partial charge < -0.3 is 19.5 Å². The highest BCUT2D eigenvalue weighted by Crippen LogP contribution is 2.61. The Morgan fingerprint density at radius 3 is 2.39 bits per heavy atom. The molecule has 2 heterocycles. The first-order chi connectivity index (χ1) is 13.0. The number of carboxylic acid groups (broad SMARTS) is 1. The van der Waals surface area contributed by atoms with E-state index in [0.717, 1.165) is 35.8 Å². The number of aromatic nitrogens is 1. The van der Waals surface area contributed by atoms with Crippen LogP contribution in [0, 0.1) is 5.41 Å². The first-order valence-electron chi connectivity index (χ1n) is 9.48. The van der Waals surface area contributed by atoms with Gasteiger partial charge in [0.15, 0.2) is 0 Å². The molecule has 0 unspecified atom stereocenters. The summed E-state index contributed by atoms with van der Waals surface area (Å²) in [5.74, 6) is -0.981. The molecule has 2 aliphatic rings. The van der Waals surface area contributed by atoms with Gasteiger partial charge in [-0.2, -0.15) is 0 Å². The zero-order chi connectivity index (χ0) is 20.6. The molecular weight excluding hydrogens is 428 g/mol. The molecule has 1 aromatic rings. The number of hydrogen-bond donors (Lipinski definition) is 1. The van der Waals surface area contributed by atoms with Crippen LogP contribution in [-0.4, -0.2) is 52.4 Å². The Morgan fingerprint density at radius 2 is 1.89 bits per heavy atom. The van der Waals surface area contributed by atoms with Gasteiger partial charge in [0, 0.05) is 24.8 Å². The summed E-state index contributed by atoms with van der Waals surface area (Å²) >= 11 is 3.33. The van der Waals surface area contributed by atoms with Gasteiger partial charge in [-0.3, -0.25) is 0 Å². The van der Waals surface area contributed by atoms with Gasteiger partial charge in [0.05, 0.1) is 5.60 Å². The van der Waals surface area contributed by atoms with Crippen LogP contribution in [0.1, 0.15) is 52.0 Å². The van der Waals surface area contributed by atoms with E-state index in [1.807, 2.05) is 32.9 Å². The molecular formula is C20H27BrN2O5. The average molecular weight is 455 g/mol. The van der Waals surface area contributed by atoms with Crippen LogP contribution >= 0.6 is 15.9 Å². The molecule has 2 fully saturated rings. The number of aliphatic carboxylic acids is 1. The van der Waals surface area contributed by atoms with Gasteiger partial charge in [-0.25, -0.2) is 14.6 Å². The molecule has 1 saturated carbocycles. The molecule has 1 saturated heterocycles. The fourth-order valence-electron chi connectivity index (χ4n) is 4.24. The maximum atomic E-state index is 12.3. The number of amides is 1. The van der Waals surface area contributed by atoms with E-state index in [-0.39, 0.29) is 18.1 Å². The first kappa shape index (κ1) is 21.0. The predicted octanol–water partition coefficient (Wildman–Crippen LogP) is 3.95. The van der Waals surface area contributed by atoms with Gasteiger partial charge in [-0.1, -0.05) is 6.07 Å². The largest absolute Gasteiger partial charge is 0.480 e. The summed E-state index contributed by atoms with van der Waals surface area (Å²) in [7, 11) is 0. The third-order valence-electron chi connectivity index (χ3n) is 5.52. The molecule has 3 rings (SSSR count). The Labute approximate surface area is 173 Å². The summed E-state index contributed by atoms with van der Waals surface area (Å²) in [6.45, 7) is 6.54.